The topological polar surface area (TPSA) is 12.5 Å². The summed E-state index contributed by atoms with van der Waals surface area (Å²) in [7, 11) is 4.08. The number of hydrogen-bond acceptors (Lipinski definition) is 2. The number of ether oxygens (including phenoxy) is 1. The van der Waals surface area contributed by atoms with Gasteiger partial charge in [-0.1, -0.05) is 18.2 Å². The van der Waals surface area contributed by atoms with Gasteiger partial charge in [0.05, 0.1) is 6.26 Å². The molecule has 1 aromatic rings. The molecule has 2 heteroatoms. The Morgan fingerprint density at radius 3 is 2.47 bits per heavy atom. The van der Waals surface area contributed by atoms with Gasteiger partial charge in [-0.25, -0.2) is 0 Å². The zero-order valence-electron chi connectivity index (χ0n) is 10.3. The maximum absolute atomic E-state index is 5.35. The molecule has 0 saturated carbocycles. The van der Waals surface area contributed by atoms with E-state index < -0.39 is 0 Å². The van der Waals surface area contributed by atoms with Crippen molar-refractivity contribution in [2.75, 3.05) is 19.0 Å². The van der Waals surface area contributed by atoms with E-state index in [4.69, 9.17) is 4.74 Å². The summed E-state index contributed by atoms with van der Waals surface area (Å²) in [5, 5.41) is 0. The van der Waals surface area contributed by atoms with Crippen LogP contribution in [0.15, 0.2) is 54.5 Å². The van der Waals surface area contributed by atoms with Crippen LogP contribution < -0.4 is 4.90 Å². The zero-order chi connectivity index (χ0) is 12.1. The quantitative estimate of drug-likeness (QED) is 0.782. The standard InChI is InChI=1S/C15H17NO/c1-16(2)14-9-6-13(7-10-14)8-11-15-5-3-4-12-17-15/h4-12H,3H2,1-2H3/b11-8+. The third-order valence-electron chi connectivity index (χ3n) is 2.61. The Morgan fingerprint density at radius 1 is 1.12 bits per heavy atom. The molecule has 0 radical (unpaired) electrons. The monoisotopic (exact) mass is 227 g/mol. The lowest BCUT2D eigenvalue weighted by molar-refractivity contribution is 0.359. The number of allylic oxidation sites excluding steroid dienone is 3. The summed E-state index contributed by atoms with van der Waals surface area (Å²) >= 11 is 0. The van der Waals surface area contributed by atoms with E-state index >= 15 is 0 Å². The summed E-state index contributed by atoms with van der Waals surface area (Å²) in [6.45, 7) is 0. The minimum Gasteiger partial charge on any atom is -0.466 e. The molecular formula is C15H17NO. The highest BCUT2D eigenvalue weighted by molar-refractivity contribution is 5.57. The number of rotatable bonds is 3. The van der Waals surface area contributed by atoms with E-state index in [9.17, 15) is 0 Å². The summed E-state index contributed by atoms with van der Waals surface area (Å²) in [4.78, 5) is 2.09. The SMILES string of the molecule is CN(C)c1ccc(/C=C/C2=CCC=CO2)cc1. The second-order valence-electron chi connectivity index (χ2n) is 4.15. The predicted octanol–water partition coefficient (Wildman–Crippen LogP) is 3.58. The zero-order valence-corrected chi connectivity index (χ0v) is 10.3. The van der Waals surface area contributed by atoms with Gasteiger partial charge in [-0.05, 0) is 42.3 Å². The van der Waals surface area contributed by atoms with E-state index in [1.165, 1.54) is 11.3 Å². The van der Waals surface area contributed by atoms with E-state index in [1.54, 1.807) is 6.26 Å². The van der Waals surface area contributed by atoms with Crippen molar-refractivity contribution in [2.45, 2.75) is 6.42 Å². The normalized spacial score (nSPS) is 14.6. The largest absolute Gasteiger partial charge is 0.466 e. The van der Waals surface area contributed by atoms with Crippen LogP contribution in [0.3, 0.4) is 0 Å². The Bertz CT molecular complexity index is 452. The summed E-state index contributed by atoms with van der Waals surface area (Å²) in [6.07, 6.45) is 10.8. The maximum atomic E-state index is 5.35. The van der Waals surface area contributed by atoms with Crippen molar-refractivity contribution in [1.29, 1.82) is 0 Å². The van der Waals surface area contributed by atoms with Gasteiger partial charge in [-0.3, -0.25) is 0 Å². The minimum absolute atomic E-state index is 0.907. The highest BCUT2D eigenvalue weighted by atomic mass is 16.5. The Balaban J connectivity index is 2.03. The molecule has 17 heavy (non-hydrogen) atoms. The fourth-order valence-corrected chi connectivity index (χ4v) is 1.58. The lowest BCUT2D eigenvalue weighted by Crippen LogP contribution is -2.07. The van der Waals surface area contributed by atoms with E-state index in [1.807, 2.05) is 26.2 Å². The van der Waals surface area contributed by atoms with Gasteiger partial charge in [0.2, 0.25) is 0 Å². The van der Waals surface area contributed by atoms with E-state index in [0.717, 1.165) is 12.2 Å². The molecule has 0 saturated heterocycles. The maximum Gasteiger partial charge on any atom is 0.122 e. The van der Waals surface area contributed by atoms with Crippen LogP contribution in [0.1, 0.15) is 12.0 Å². The third-order valence-corrected chi connectivity index (χ3v) is 2.61. The van der Waals surface area contributed by atoms with Crippen LogP contribution in [-0.2, 0) is 4.74 Å². The Labute approximate surface area is 103 Å². The Hall–Kier alpha value is -1.96. The van der Waals surface area contributed by atoms with Crippen LogP contribution in [0.4, 0.5) is 5.69 Å². The van der Waals surface area contributed by atoms with Gasteiger partial charge in [-0.15, -0.1) is 0 Å². The van der Waals surface area contributed by atoms with Crippen LogP contribution in [0, 0.1) is 0 Å². The second kappa shape index (κ2) is 5.39. The fourth-order valence-electron chi connectivity index (χ4n) is 1.58. The van der Waals surface area contributed by atoms with E-state index in [0.29, 0.717) is 0 Å². The molecular weight excluding hydrogens is 210 g/mol. The summed E-state index contributed by atoms with van der Waals surface area (Å²) in [5.41, 5.74) is 2.38. The van der Waals surface area contributed by atoms with Crippen LogP contribution in [0.2, 0.25) is 0 Å². The molecule has 0 aliphatic carbocycles. The fraction of sp³-hybridized carbons (Fsp3) is 0.200. The van der Waals surface area contributed by atoms with Gasteiger partial charge in [-0.2, -0.15) is 0 Å². The minimum atomic E-state index is 0.907. The van der Waals surface area contributed by atoms with Crippen LogP contribution in [0.25, 0.3) is 6.08 Å². The molecule has 88 valence electrons. The molecule has 0 aromatic heterocycles. The second-order valence-corrected chi connectivity index (χ2v) is 4.15. The van der Waals surface area contributed by atoms with Crippen molar-refractivity contribution in [2.24, 2.45) is 0 Å². The van der Waals surface area contributed by atoms with Crippen molar-refractivity contribution in [1.82, 2.24) is 0 Å². The molecule has 2 nitrogen and oxygen atoms in total. The van der Waals surface area contributed by atoms with Gasteiger partial charge < -0.3 is 9.64 Å². The first-order valence-corrected chi connectivity index (χ1v) is 5.73. The average molecular weight is 227 g/mol. The van der Waals surface area contributed by atoms with Crippen molar-refractivity contribution in [3.05, 3.63) is 60.1 Å². The molecule has 1 aromatic carbocycles. The van der Waals surface area contributed by atoms with E-state index in [2.05, 4.69) is 41.3 Å². The molecule has 2 rings (SSSR count). The van der Waals surface area contributed by atoms with Crippen LogP contribution >= 0.6 is 0 Å². The first-order valence-electron chi connectivity index (χ1n) is 5.73. The van der Waals surface area contributed by atoms with Crippen LogP contribution in [-0.4, -0.2) is 14.1 Å². The Kier molecular flexibility index (Phi) is 3.66. The lowest BCUT2D eigenvalue weighted by Gasteiger charge is -2.11. The van der Waals surface area contributed by atoms with Crippen molar-refractivity contribution >= 4 is 11.8 Å². The average Bonchev–Trinajstić information content (AvgIpc) is 2.38. The molecule has 0 bridgehead atoms. The highest BCUT2D eigenvalue weighted by Gasteiger charge is 1.96. The first kappa shape index (κ1) is 11.5. The van der Waals surface area contributed by atoms with Gasteiger partial charge >= 0.3 is 0 Å². The smallest absolute Gasteiger partial charge is 0.122 e. The predicted molar refractivity (Wildman–Crippen MR) is 72.7 cm³/mol. The number of benzene rings is 1. The first-order chi connectivity index (χ1) is 8.25. The van der Waals surface area contributed by atoms with Crippen molar-refractivity contribution in [3.63, 3.8) is 0 Å². The third kappa shape index (κ3) is 3.25. The van der Waals surface area contributed by atoms with Crippen LogP contribution in [0.5, 0.6) is 0 Å². The number of nitrogens with zero attached hydrogens (tertiary/aromatic N) is 1. The van der Waals surface area contributed by atoms with Crippen molar-refractivity contribution in [3.8, 4) is 0 Å². The molecule has 0 atom stereocenters. The van der Waals surface area contributed by atoms with Gasteiger partial charge in [0.25, 0.3) is 0 Å². The Morgan fingerprint density at radius 2 is 1.88 bits per heavy atom. The number of hydrogen-bond donors (Lipinski definition) is 0. The molecule has 0 N–H and O–H groups in total. The van der Waals surface area contributed by atoms with Gasteiger partial charge in [0.1, 0.15) is 5.76 Å². The molecule has 0 fully saturated rings. The van der Waals surface area contributed by atoms with Crippen molar-refractivity contribution < 1.29 is 4.74 Å². The summed E-state index contributed by atoms with van der Waals surface area (Å²) in [5.74, 6) is 0.907. The summed E-state index contributed by atoms with van der Waals surface area (Å²) < 4.78 is 5.35. The van der Waals surface area contributed by atoms with E-state index in [-0.39, 0.29) is 0 Å². The van der Waals surface area contributed by atoms with Gasteiger partial charge in [0.15, 0.2) is 0 Å². The number of anilines is 1. The molecule has 0 unspecified atom stereocenters. The molecule has 1 aliphatic rings. The molecule has 0 spiro atoms. The molecule has 1 aliphatic heterocycles. The highest BCUT2D eigenvalue weighted by Crippen LogP contribution is 2.15. The summed E-state index contributed by atoms with van der Waals surface area (Å²) in [6, 6.07) is 8.42. The molecule has 1 heterocycles. The lowest BCUT2D eigenvalue weighted by atomic mass is 10.1. The van der Waals surface area contributed by atoms with Gasteiger partial charge in [0, 0.05) is 19.8 Å². The molecule has 0 amide bonds.